The maximum Gasteiger partial charge on any atom is 0.251 e. The molecule has 0 saturated carbocycles. The van der Waals surface area contributed by atoms with E-state index in [9.17, 15) is 30.0 Å². The highest BCUT2D eigenvalue weighted by Gasteiger charge is 2.37. The van der Waals surface area contributed by atoms with E-state index in [-0.39, 0.29) is 0 Å². The summed E-state index contributed by atoms with van der Waals surface area (Å²) in [4.78, 5) is 23.1. The Bertz CT molecular complexity index is 307. The molecule has 0 bridgehead atoms. The van der Waals surface area contributed by atoms with E-state index >= 15 is 0 Å². The van der Waals surface area contributed by atoms with Gasteiger partial charge in [0.2, 0.25) is 0 Å². The molecule has 2 amide bonds. The summed E-state index contributed by atoms with van der Waals surface area (Å²) in [5.41, 5.74) is 0. The summed E-state index contributed by atoms with van der Waals surface area (Å²) in [5, 5.41) is 43.5. The zero-order valence-electron chi connectivity index (χ0n) is 13.2. The monoisotopic (exact) mass is 320 g/mol. The minimum atomic E-state index is -1.96. The highest BCUT2D eigenvalue weighted by atomic mass is 16.4. The van der Waals surface area contributed by atoms with Crippen LogP contribution < -0.4 is 10.6 Å². The molecule has 0 rings (SSSR count). The van der Waals surface area contributed by atoms with Crippen LogP contribution in [0.3, 0.4) is 0 Å². The number of hydrogen-bond acceptors (Lipinski definition) is 6. The third-order valence-corrected chi connectivity index (χ3v) is 3.19. The van der Waals surface area contributed by atoms with Crippen molar-refractivity contribution in [2.24, 2.45) is 0 Å². The summed E-state index contributed by atoms with van der Waals surface area (Å²) in [6.07, 6.45) is -4.67. The third kappa shape index (κ3) is 7.17. The molecule has 130 valence electrons. The Balaban J connectivity index is 4.39. The van der Waals surface area contributed by atoms with Crippen molar-refractivity contribution in [3.05, 3.63) is 0 Å². The molecule has 4 atom stereocenters. The largest absolute Gasteiger partial charge is 0.387 e. The Labute approximate surface area is 130 Å². The third-order valence-electron chi connectivity index (χ3n) is 3.19. The van der Waals surface area contributed by atoms with E-state index in [4.69, 9.17) is 0 Å². The maximum absolute atomic E-state index is 11.6. The van der Waals surface area contributed by atoms with Crippen LogP contribution in [0.5, 0.6) is 0 Å². The zero-order valence-corrected chi connectivity index (χ0v) is 13.2. The van der Waals surface area contributed by atoms with Gasteiger partial charge in [0.15, 0.2) is 12.2 Å². The number of unbranched alkanes of at least 4 members (excludes halogenated alkanes) is 2. The zero-order chi connectivity index (χ0) is 17.1. The van der Waals surface area contributed by atoms with E-state index in [1.54, 1.807) is 0 Å². The van der Waals surface area contributed by atoms with Crippen molar-refractivity contribution in [1.82, 2.24) is 10.6 Å². The molecular weight excluding hydrogens is 292 g/mol. The Morgan fingerprint density at radius 1 is 0.773 bits per heavy atom. The van der Waals surface area contributed by atoms with Crippen LogP contribution in [-0.2, 0) is 9.59 Å². The highest BCUT2D eigenvalue weighted by molar-refractivity contribution is 5.83. The molecule has 0 fully saturated rings. The lowest BCUT2D eigenvalue weighted by Gasteiger charge is -2.25. The fraction of sp³-hybridized carbons (Fsp3) is 0.857. The lowest BCUT2D eigenvalue weighted by molar-refractivity contribution is -0.155. The number of hydrogen-bond donors (Lipinski definition) is 6. The van der Waals surface area contributed by atoms with E-state index in [1.807, 2.05) is 13.8 Å². The van der Waals surface area contributed by atoms with Crippen molar-refractivity contribution in [2.75, 3.05) is 13.1 Å². The average molecular weight is 320 g/mol. The average Bonchev–Trinajstić information content (AvgIpc) is 2.52. The van der Waals surface area contributed by atoms with Crippen LogP contribution in [-0.4, -0.2) is 69.7 Å². The van der Waals surface area contributed by atoms with Crippen molar-refractivity contribution in [2.45, 2.75) is 63.9 Å². The molecular formula is C14H28N2O6. The van der Waals surface area contributed by atoms with Crippen LogP contribution in [0.25, 0.3) is 0 Å². The van der Waals surface area contributed by atoms with Gasteiger partial charge in [-0.15, -0.1) is 0 Å². The highest BCUT2D eigenvalue weighted by Crippen LogP contribution is 2.06. The molecule has 0 heterocycles. The fourth-order valence-corrected chi connectivity index (χ4v) is 1.67. The summed E-state index contributed by atoms with van der Waals surface area (Å²) in [6.45, 7) is 4.51. The summed E-state index contributed by atoms with van der Waals surface area (Å²) >= 11 is 0. The molecule has 6 N–H and O–H groups in total. The topological polar surface area (TPSA) is 139 Å². The van der Waals surface area contributed by atoms with Gasteiger partial charge in [0.05, 0.1) is 0 Å². The van der Waals surface area contributed by atoms with E-state index in [0.717, 1.165) is 12.8 Å². The van der Waals surface area contributed by atoms with E-state index < -0.39 is 36.2 Å². The lowest BCUT2D eigenvalue weighted by atomic mass is 10.0. The van der Waals surface area contributed by atoms with Gasteiger partial charge in [-0.1, -0.05) is 26.7 Å². The molecule has 8 nitrogen and oxygen atoms in total. The van der Waals surface area contributed by atoms with E-state index in [2.05, 4.69) is 10.6 Å². The Kier molecular flexibility index (Phi) is 10.7. The van der Waals surface area contributed by atoms with Gasteiger partial charge >= 0.3 is 0 Å². The van der Waals surface area contributed by atoms with E-state index in [0.29, 0.717) is 25.9 Å². The summed E-state index contributed by atoms with van der Waals surface area (Å²) in [6, 6.07) is 0. The molecule has 0 spiro atoms. The maximum atomic E-state index is 11.6. The number of aliphatic hydroxyl groups excluding tert-OH is 4. The first kappa shape index (κ1) is 20.8. The van der Waals surface area contributed by atoms with Crippen LogP contribution >= 0.6 is 0 Å². The Morgan fingerprint density at radius 3 is 1.36 bits per heavy atom. The van der Waals surface area contributed by atoms with Gasteiger partial charge in [-0.25, -0.2) is 0 Å². The predicted molar refractivity (Wildman–Crippen MR) is 79.9 cm³/mol. The van der Waals surface area contributed by atoms with Crippen molar-refractivity contribution in [1.29, 1.82) is 0 Å². The first-order valence-corrected chi connectivity index (χ1v) is 7.64. The van der Waals surface area contributed by atoms with Crippen LogP contribution in [0.2, 0.25) is 0 Å². The number of rotatable bonds is 11. The molecule has 22 heavy (non-hydrogen) atoms. The molecule has 0 aromatic rings. The standard InChI is InChI=1S/C14H28N2O6/c1-3-5-7-15-13(21)11(19)9(17)10(18)12(20)14(22)16-8-6-4-2/h9-12,17-20H,3-8H2,1-2H3,(H,15,21)(H,16,22). The molecule has 0 aromatic carbocycles. The minimum absolute atomic E-state index is 0.329. The smallest absolute Gasteiger partial charge is 0.251 e. The fourth-order valence-electron chi connectivity index (χ4n) is 1.67. The molecule has 0 aliphatic heterocycles. The number of aliphatic hydroxyl groups is 4. The van der Waals surface area contributed by atoms with Crippen molar-refractivity contribution in [3.63, 3.8) is 0 Å². The van der Waals surface area contributed by atoms with Gasteiger partial charge in [0.1, 0.15) is 12.2 Å². The molecule has 0 aliphatic rings. The molecule has 0 aromatic heterocycles. The van der Waals surface area contributed by atoms with Crippen molar-refractivity contribution >= 4 is 11.8 Å². The summed E-state index contributed by atoms with van der Waals surface area (Å²) in [7, 11) is 0. The van der Waals surface area contributed by atoms with Gasteiger partial charge in [0, 0.05) is 13.1 Å². The van der Waals surface area contributed by atoms with E-state index in [1.165, 1.54) is 0 Å². The summed E-state index contributed by atoms with van der Waals surface area (Å²) in [5.74, 6) is -1.72. The number of carbonyl (C=O) groups excluding carboxylic acids is 2. The summed E-state index contributed by atoms with van der Waals surface area (Å²) < 4.78 is 0. The number of amides is 2. The van der Waals surface area contributed by atoms with Gasteiger partial charge < -0.3 is 31.1 Å². The first-order valence-electron chi connectivity index (χ1n) is 7.64. The van der Waals surface area contributed by atoms with Crippen LogP contribution in [0, 0.1) is 0 Å². The quantitative estimate of drug-likeness (QED) is 0.250. The molecule has 0 aliphatic carbocycles. The molecule has 8 heteroatoms. The van der Waals surface area contributed by atoms with Crippen LogP contribution in [0.15, 0.2) is 0 Å². The SMILES string of the molecule is CCCCNC(=O)C(O)C(O)C(O)C(O)C(=O)NCCCC. The van der Waals surface area contributed by atoms with Crippen molar-refractivity contribution < 1.29 is 30.0 Å². The Morgan fingerprint density at radius 2 is 1.09 bits per heavy atom. The van der Waals surface area contributed by atoms with Gasteiger partial charge in [-0.2, -0.15) is 0 Å². The Hall–Kier alpha value is -1.22. The normalized spacial score (nSPS) is 16.5. The molecule has 4 unspecified atom stereocenters. The van der Waals surface area contributed by atoms with Crippen LogP contribution in [0.1, 0.15) is 39.5 Å². The van der Waals surface area contributed by atoms with Crippen LogP contribution in [0.4, 0.5) is 0 Å². The van der Waals surface area contributed by atoms with Gasteiger partial charge in [-0.05, 0) is 12.8 Å². The molecule has 0 saturated heterocycles. The number of carbonyl (C=O) groups is 2. The predicted octanol–water partition coefficient (Wildman–Crippen LogP) is -1.74. The van der Waals surface area contributed by atoms with Gasteiger partial charge in [-0.3, -0.25) is 9.59 Å². The first-order chi connectivity index (χ1) is 10.4. The minimum Gasteiger partial charge on any atom is -0.387 e. The lowest BCUT2D eigenvalue weighted by Crippen LogP contribution is -2.54. The second kappa shape index (κ2) is 11.4. The second-order valence-corrected chi connectivity index (χ2v) is 5.16. The van der Waals surface area contributed by atoms with Crippen molar-refractivity contribution in [3.8, 4) is 0 Å². The second-order valence-electron chi connectivity index (χ2n) is 5.16. The number of nitrogens with one attached hydrogen (secondary N) is 2. The molecule has 0 radical (unpaired) electrons. The van der Waals surface area contributed by atoms with Gasteiger partial charge in [0.25, 0.3) is 11.8 Å².